The standard InChI is InChI=1S/C20H18O4S/c1-14-3-12-19(25(21,22)23)13-20(14)17-6-4-15(5-7-17)16-8-10-18(24-2)11-9-16/h3-13H,1-2H3,(H,21,22,23). The Labute approximate surface area is 147 Å². The van der Waals surface area contributed by atoms with Gasteiger partial charge in [-0.25, -0.2) is 0 Å². The van der Waals surface area contributed by atoms with Gasteiger partial charge in [0.05, 0.1) is 12.0 Å². The molecule has 3 aromatic carbocycles. The molecule has 4 nitrogen and oxygen atoms in total. The smallest absolute Gasteiger partial charge is 0.294 e. The lowest BCUT2D eigenvalue weighted by Crippen LogP contribution is -1.98. The van der Waals surface area contributed by atoms with E-state index < -0.39 is 10.1 Å². The molecule has 0 saturated heterocycles. The molecule has 0 radical (unpaired) electrons. The first kappa shape index (κ1) is 17.2. The summed E-state index contributed by atoms with van der Waals surface area (Å²) in [6.45, 7) is 1.90. The van der Waals surface area contributed by atoms with Crippen molar-refractivity contribution in [2.45, 2.75) is 11.8 Å². The third-order valence-corrected chi connectivity index (χ3v) is 4.98. The van der Waals surface area contributed by atoms with Crippen molar-refractivity contribution >= 4 is 10.1 Å². The third-order valence-electron chi connectivity index (χ3n) is 4.13. The highest BCUT2D eigenvalue weighted by Gasteiger charge is 2.12. The van der Waals surface area contributed by atoms with Gasteiger partial charge in [0.15, 0.2) is 0 Å². The van der Waals surface area contributed by atoms with Crippen LogP contribution in [0.3, 0.4) is 0 Å². The minimum Gasteiger partial charge on any atom is -0.497 e. The van der Waals surface area contributed by atoms with E-state index in [4.69, 9.17) is 4.74 Å². The molecule has 0 spiro atoms. The molecule has 0 fully saturated rings. The van der Waals surface area contributed by atoms with E-state index in [0.29, 0.717) is 0 Å². The van der Waals surface area contributed by atoms with E-state index in [0.717, 1.165) is 33.6 Å². The minimum absolute atomic E-state index is 0.104. The fourth-order valence-electron chi connectivity index (χ4n) is 2.70. The monoisotopic (exact) mass is 354 g/mol. The zero-order valence-corrected chi connectivity index (χ0v) is 14.7. The van der Waals surface area contributed by atoms with Gasteiger partial charge in [-0.2, -0.15) is 8.42 Å². The zero-order valence-electron chi connectivity index (χ0n) is 13.9. The second kappa shape index (κ2) is 6.70. The van der Waals surface area contributed by atoms with Crippen LogP contribution in [-0.4, -0.2) is 20.1 Å². The Hall–Kier alpha value is -2.63. The summed E-state index contributed by atoms with van der Waals surface area (Å²) in [7, 11) is -2.59. The zero-order chi connectivity index (χ0) is 18.0. The number of hydrogen-bond acceptors (Lipinski definition) is 3. The SMILES string of the molecule is COc1ccc(-c2ccc(-c3cc(S(=O)(=O)O)ccc3C)cc2)cc1. The van der Waals surface area contributed by atoms with E-state index in [-0.39, 0.29) is 4.90 Å². The average Bonchev–Trinajstić information content (AvgIpc) is 2.61. The molecule has 3 rings (SSSR count). The lowest BCUT2D eigenvalue weighted by molar-refractivity contribution is 0.415. The topological polar surface area (TPSA) is 63.6 Å². The molecule has 0 aliphatic rings. The van der Waals surface area contributed by atoms with Crippen molar-refractivity contribution < 1.29 is 17.7 Å². The van der Waals surface area contributed by atoms with Gasteiger partial charge >= 0.3 is 0 Å². The summed E-state index contributed by atoms with van der Waals surface area (Å²) in [6.07, 6.45) is 0. The predicted octanol–water partition coefficient (Wildman–Crippen LogP) is 4.58. The quantitative estimate of drug-likeness (QED) is 0.696. The Morgan fingerprint density at radius 2 is 1.32 bits per heavy atom. The van der Waals surface area contributed by atoms with Gasteiger partial charge in [-0.3, -0.25) is 4.55 Å². The van der Waals surface area contributed by atoms with E-state index in [2.05, 4.69) is 0 Å². The Kier molecular flexibility index (Phi) is 4.61. The summed E-state index contributed by atoms with van der Waals surface area (Å²) in [5.74, 6) is 0.804. The lowest BCUT2D eigenvalue weighted by atomic mass is 9.97. The highest BCUT2D eigenvalue weighted by atomic mass is 32.2. The number of methoxy groups -OCH3 is 1. The molecule has 0 aliphatic carbocycles. The van der Waals surface area contributed by atoms with Crippen LogP contribution in [0.5, 0.6) is 5.75 Å². The second-order valence-electron chi connectivity index (χ2n) is 5.76. The highest BCUT2D eigenvalue weighted by Crippen LogP contribution is 2.29. The van der Waals surface area contributed by atoms with Gasteiger partial charge in [0.1, 0.15) is 5.75 Å². The molecule has 0 aromatic heterocycles. The van der Waals surface area contributed by atoms with Crippen molar-refractivity contribution in [3.05, 3.63) is 72.3 Å². The largest absolute Gasteiger partial charge is 0.497 e. The van der Waals surface area contributed by atoms with Crippen LogP contribution in [0.2, 0.25) is 0 Å². The van der Waals surface area contributed by atoms with Crippen molar-refractivity contribution in [1.82, 2.24) is 0 Å². The van der Waals surface area contributed by atoms with Crippen LogP contribution in [0, 0.1) is 6.92 Å². The molecule has 128 valence electrons. The van der Waals surface area contributed by atoms with Gasteiger partial charge < -0.3 is 4.74 Å². The molecule has 0 unspecified atom stereocenters. The number of benzene rings is 3. The predicted molar refractivity (Wildman–Crippen MR) is 98.4 cm³/mol. The Balaban J connectivity index is 1.97. The minimum atomic E-state index is -4.22. The fourth-order valence-corrected chi connectivity index (χ4v) is 3.21. The van der Waals surface area contributed by atoms with Crippen molar-refractivity contribution in [2.75, 3.05) is 7.11 Å². The molecular formula is C20H18O4S. The van der Waals surface area contributed by atoms with E-state index in [9.17, 15) is 13.0 Å². The highest BCUT2D eigenvalue weighted by molar-refractivity contribution is 7.85. The Morgan fingerprint density at radius 1 is 0.800 bits per heavy atom. The van der Waals surface area contributed by atoms with Crippen LogP contribution < -0.4 is 4.74 Å². The Bertz CT molecular complexity index is 989. The first-order chi connectivity index (χ1) is 11.9. The first-order valence-electron chi connectivity index (χ1n) is 7.71. The van der Waals surface area contributed by atoms with Gasteiger partial charge in [-0.1, -0.05) is 42.5 Å². The van der Waals surface area contributed by atoms with Crippen LogP contribution in [0.1, 0.15) is 5.56 Å². The number of ether oxygens (including phenoxy) is 1. The number of rotatable bonds is 4. The molecule has 0 atom stereocenters. The molecular weight excluding hydrogens is 336 g/mol. The summed E-state index contributed by atoms with van der Waals surface area (Å²) in [5.41, 5.74) is 4.71. The summed E-state index contributed by atoms with van der Waals surface area (Å²) >= 11 is 0. The van der Waals surface area contributed by atoms with Gasteiger partial charge in [0.2, 0.25) is 0 Å². The molecule has 0 saturated carbocycles. The molecule has 0 amide bonds. The lowest BCUT2D eigenvalue weighted by Gasteiger charge is -2.09. The summed E-state index contributed by atoms with van der Waals surface area (Å²) < 4.78 is 37.1. The molecule has 1 N–H and O–H groups in total. The Morgan fingerprint density at radius 3 is 1.84 bits per heavy atom. The van der Waals surface area contributed by atoms with Gasteiger partial charge in [-0.15, -0.1) is 0 Å². The summed E-state index contributed by atoms with van der Waals surface area (Å²) in [4.78, 5) is -0.104. The van der Waals surface area contributed by atoms with E-state index >= 15 is 0 Å². The van der Waals surface area contributed by atoms with Crippen molar-refractivity contribution in [3.63, 3.8) is 0 Å². The maximum Gasteiger partial charge on any atom is 0.294 e. The number of aryl methyl sites for hydroxylation is 1. The molecule has 3 aromatic rings. The third kappa shape index (κ3) is 3.73. The maximum atomic E-state index is 11.4. The van der Waals surface area contributed by atoms with Crippen LogP contribution in [0.15, 0.2) is 71.6 Å². The summed E-state index contributed by atoms with van der Waals surface area (Å²) in [6, 6.07) is 20.2. The van der Waals surface area contributed by atoms with Crippen molar-refractivity contribution in [2.24, 2.45) is 0 Å². The van der Waals surface area contributed by atoms with Crippen molar-refractivity contribution in [1.29, 1.82) is 0 Å². The van der Waals surface area contributed by atoms with Crippen LogP contribution in [-0.2, 0) is 10.1 Å². The normalized spacial score (nSPS) is 11.3. The second-order valence-corrected chi connectivity index (χ2v) is 7.18. The van der Waals surface area contributed by atoms with E-state index in [1.54, 1.807) is 13.2 Å². The molecule has 5 heteroatoms. The van der Waals surface area contributed by atoms with E-state index in [1.165, 1.54) is 12.1 Å². The van der Waals surface area contributed by atoms with Crippen LogP contribution >= 0.6 is 0 Å². The van der Waals surface area contributed by atoms with Gasteiger partial charge in [0.25, 0.3) is 10.1 Å². The van der Waals surface area contributed by atoms with Crippen molar-refractivity contribution in [3.8, 4) is 28.0 Å². The molecule has 25 heavy (non-hydrogen) atoms. The average molecular weight is 354 g/mol. The fraction of sp³-hybridized carbons (Fsp3) is 0.100. The van der Waals surface area contributed by atoms with Gasteiger partial charge in [-0.05, 0) is 59.0 Å². The molecule has 0 heterocycles. The molecule has 0 aliphatic heterocycles. The van der Waals surface area contributed by atoms with Crippen LogP contribution in [0.25, 0.3) is 22.3 Å². The van der Waals surface area contributed by atoms with E-state index in [1.807, 2.05) is 55.5 Å². The summed E-state index contributed by atoms with van der Waals surface area (Å²) in [5, 5.41) is 0. The van der Waals surface area contributed by atoms with Gasteiger partial charge in [0, 0.05) is 0 Å². The van der Waals surface area contributed by atoms with Crippen LogP contribution in [0.4, 0.5) is 0 Å². The number of hydrogen-bond donors (Lipinski definition) is 1. The first-order valence-corrected chi connectivity index (χ1v) is 9.15. The maximum absolute atomic E-state index is 11.4. The molecule has 0 bridgehead atoms.